The smallest absolute Gasteiger partial charge is 0.261 e. The highest BCUT2D eigenvalue weighted by Gasteiger charge is 2.06. The van der Waals surface area contributed by atoms with Crippen LogP contribution in [0.2, 0.25) is 0 Å². The Balaban J connectivity index is 2.19. The van der Waals surface area contributed by atoms with Gasteiger partial charge in [-0.2, -0.15) is 0 Å². The van der Waals surface area contributed by atoms with Crippen molar-refractivity contribution in [3.63, 3.8) is 0 Å². The van der Waals surface area contributed by atoms with E-state index in [-0.39, 0.29) is 5.91 Å². The molecule has 1 aromatic heterocycles. The molecule has 1 amide bonds. The van der Waals surface area contributed by atoms with Gasteiger partial charge in [0.25, 0.3) is 5.91 Å². The lowest BCUT2D eigenvalue weighted by Crippen LogP contribution is -2.26. The Kier molecular flexibility index (Phi) is 5.36. The largest absolute Gasteiger partial charge is 0.351 e. The van der Waals surface area contributed by atoms with Gasteiger partial charge < -0.3 is 10.6 Å². The number of aryl methyl sites for hydroxylation is 1. The Bertz CT molecular complexity index is 309. The third-order valence-electron chi connectivity index (χ3n) is 2.03. The molecule has 2 N–H and O–H groups in total. The summed E-state index contributed by atoms with van der Waals surface area (Å²) >= 11 is 1.54. The summed E-state index contributed by atoms with van der Waals surface area (Å²) in [5, 5.41) is 6.12. The van der Waals surface area contributed by atoms with Gasteiger partial charge in [0.15, 0.2) is 0 Å². The molecule has 1 rings (SSSR count). The second kappa shape index (κ2) is 6.58. The first-order valence-electron chi connectivity index (χ1n) is 5.29. The first kappa shape index (κ1) is 12.2. The van der Waals surface area contributed by atoms with Crippen LogP contribution in [0.3, 0.4) is 0 Å². The fourth-order valence-electron chi connectivity index (χ4n) is 1.24. The second-order valence-electron chi connectivity index (χ2n) is 3.37. The molecule has 15 heavy (non-hydrogen) atoms. The van der Waals surface area contributed by atoms with Crippen molar-refractivity contribution in [2.75, 3.05) is 19.6 Å². The normalized spacial score (nSPS) is 10.3. The molecule has 0 bridgehead atoms. The van der Waals surface area contributed by atoms with E-state index in [0.717, 1.165) is 30.9 Å². The molecule has 0 spiro atoms. The van der Waals surface area contributed by atoms with Crippen LogP contribution in [-0.2, 0) is 0 Å². The van der Waals surface area contributed by atoms with E-state index in [1.165, 1.54) is 16.2 Å². The van der Waals surface area contributed by atoms with Crippen molar-refractivity contribution in [3.8, 4) is 0 Å². The number of nitrogens with one attached hydrogen (secondary N) is 2. The lowest BCUT2D eigenvalue weighted by molar-refractivity contribution is 0.0957. The number of rotatable bonds is 6. The first-order chi connectivity index (χ1) is 7.24. The molecule has 84 valence electrons. The molecule has 1 aromatic rings. The van der Waals surface area contributed by atoms with Gasteiger partial charge >= 0.3 is 0 Å². The van der Waals surface area contributed by atoms with E-state index < -0.39 is 0 Å². The number of amides is 1. The fraction of sp³-hybridized carbons (Fsp3) is 0.545. The Morgan fingerprint density at radius 3 is 2.80 bits per heavy atom. The van der Waals surface area contributed by atoms with Crippen molar-refractivity contribution in [2.24, 2.45) is 0 Å². The molecule has 0 saturated heterocycles. The van der Waals surface area contributed by atoms with Crippen molar-refractivity contribution in [1.29, 1.82) is 0 Å². The summed E-state index contributed by atoms with van der Waals surface area (Å²) in [5.74, 6) is 0.0459. The second-order valence-corrected chi connectivity index (χ2v) is 4.66. The highest BCUT2D eigenvalue weighted by Crippen LogP contribution is 2.14. The van der Waals surface area contributed by atoms with Gasteiger partial charge in [-0.1, -0.05) is 6.92 Å². The molecular formula is C11H18N2OS. The van der Waals surface area contributed by atoms with Gasteiger partial charge in [-0.25, -0.2) is 0 Å². The molecule has 0 fully saturated rings. The van der Waals surface area contributed by atoms with Gasteiger partial charge in [0.1, 0.15) is 0 Å². The third-order valence-corrected chi connectivity index (χ3v) is 3.03. The van der Waals surface area contributed by atoms with E-state index in [4.69, 9.17) is 0 Å². The zero-order chi connectivity index (χ0) is 11.1. The average molecular weight is 226 g/mol. The van der Waals surface area contributed by atoms with E-state index in [9.17, 15) is 4.79 Å². The minimum absolute atomic E-state index is 0.0459. The lowest BCUT2D eigenvalue weighted by Gasteiger charge is -2.03. The van der Waals surface area contributed by atoms with Crippen LogP contribution in [0.4, 0.5) is 0 Å². The molecule has 4 heteroatoms. The highest BCUT2D eigenvalue weighted by atomic mass is 32.1. The Morgan fingerprint density at radius 1 is 1.40 bits per heavy atom. The predicted molar refractivity (Wildman–Crippen MR) is 64.5 cm³/mol. The quantitative estimate of drug-likeness (QED) is 0.726. The van der Waals surface area contributed by atoms with Crippen molar-refractivity contribution >= 4 is 17.2 Å². The van der Waals surface area contributed by atoms with E-state index in [1.807, 2.05) is 19.1 Å². The number of hydrogen-bond acceptors (Lipinski definition) is 3. The van der Waals surface area contributed by atoms with Crippen LogP contribution in [0.1, 0.15) is 27.9 Å². The molecule has 0 saturated carbocycles. The summed E-state index contributed by atoms with van der Waals surface area (Å²) in [4.78, 5) is 13.5. The average Bonchev–Trinajstić information content (AvgIpc) is 2.64. The van der Waals surface area contributed by atoms with Crippen molar-refractivity contribution < 1.29 is 4.79 Å². The molecule has 0 aliphatic rings. The minimum Gasteiger partial charge on any atom is -0.351 e. The van der Waals surface area contributed by atoms with E-state index >= 15 is 0 Å². The summed E-state index contributed by atoms with van der Waals surface area (Å²) in [6.07, 6.45) is 0.976. The van der Waals surface area contributed by atoms with E-state index in [0.29, 0.717) is 0 Å². The van der Waals surface area contributed by atoms with Gasteiger partial charge in [0.05, 0.1) is 4.88 Å². The summed E-state index contributed by atoms with van der Waals surface area (Å²) in [7, 11) is 0. The van der Waals surface area contributed by atoms with Gasteiger partial charge in [-0.15, -0.1) is 11.3 Å². The van der Waals surface area contributed by atoms with Crippen LogP contribution in [-0.4, -0.2) is 25.5 Å². The summed E-state index contributed by atoms with van der Waals surface area (Å²) in [5.41, 5.74) is 0. The topological polar surface area (TPSA) is 41.1 Å². The molecule has 0 aliphatic carbocycles. The summed E-state index contributed by atoms with van der Waals surface area (Å²) in [6.45, 7) is 6.76. The lowest BCUT2D eigenvalue weighted by atomic mass is 10.4. The molecule has 0 radical (unpaired) electrons. The number of thiophene rings is 1. The van der Waals surface area contributed by atoms with Gasteiger partial charge in [-0.05, 0) is 38.6 Å². The summed E-state index contributed by atoms with van der Waals surface area (Å²) in [6, 6.07) is 3.85. The molecule has 0 atom stereocenters. The maximum atomic E-state index is 11.6. The zero-order valence-corrected chi connectivity index (χ0v) is 10.1. The van der Waals surface area contributed by atoms with Crippen molar-refractivity contribution in [3.05, 3.63) is 21.9 Å². The predicted octanol–water partition coefficient (Wildman–Crippen LogP) is 1.79. The number of hydrogen-bond donors (Lipinski definition) is 2. The fourth-order valence-corrected chi connectivity index (χ4v) is 2.02. The number of carbonyl (C=O) groups is 1. The van der Waals surface area contributed by atoms with Crippen LogP contribution >= 0.6 is 11.3 Å². The van der Waals surface area contributed by atoms with Crippen LogP contribution in [0, 0.1) is 6.92 Å². The molecular weight excluding hydrogens is 208 g/mol. The highest BCUT2D eigenvalue weighted by molar-refractivity contribution is 7.13. The molecule has 0 aliphatic heterocycles. The standard InChI is InChI=1S/C11H18N2OS/c1-3-12-7-4-8-13-11(14)10-6-5-9(2)15-10/h5-6,12H,3-4,7-8H2,1-2H3,(H,13,14). The van der Waals surface area contributed by atoms with Crippen LogP contribution < -0.4 is 10.6 Å². The van der Waals surface area contributed by atoms with Crippen LogP contribution in [0.15, 0.2) is 12.1 Å². The molecule has 0 unspecified atom stereocenters. The van der Waals surface area contributed by atoms with Gasteiger partial charge in [-0.3, -0.25) is 4.79 Å². The van der Waals surface area contributed by atoms with Crippen molar-refractivity contribution in [2.45, 2.75) is 20.3 Å². The monoisotopic (exact) mass is 226 g/mol. The van der Waals surface area contributed by atoms with Crippen molar-refractivity contribution in [1.82, 2.24) is 10.6 Å². The first-order valence-corrected chi connectivity index (χ1v) is 6.11. The maximum absolute atomic E-state index is 11.6. The van der Waals surface area contributed by atoms with E-state index in [2.05, 4.69) is 17.6 Å². The Morgan fingerprint density at radius 2 is 2.20 bits per heavy atom. The molecule has 3 nitrogen and oxygen atoms in total. The van der Waals surface area contributed by atoms with Gasteiger partial charge in [0.2, 0.25) is 0 Å². The van der Waals surface area contributed by atoms with Gasteiger partial charge in [0, 0.05) is 11.4 Å². The van der Waals surface area contributed by atoms with Crippen LogP contribution in [0.25, 0.3) is 0 Å². The Hall–Kier alpha value is -0.870. The molecule has 0 aromatic carbocycles. The van der Waals surface area contributed by atoms with Crippen LogP contribution in [0.5, 0.6) is 0 Å². The maximum Gasteiger partial charge on any atom is 0.261 e. The summed E-state index contributed by atoms with van der Waals surface area (Å²) < 4.78 is 0. The molecule has 1 heterocycles. The Labute approximate surface area is 94.9 Å². The SMILES string of the molecule is CCNCCCNC(=O)c1ccc(C)s1. The van der Waals surface area contributed by atoms with E-state index in [1.54, 1.807) is 0 Å². The minimum atomic E-state index is 0.0459. The zero-order valence-electron chi connectivity index (χ0n) is 9.30. The third kappa shape index (κ3) is 4.44. The number of carbonyl (C=O) groups excluding carboxylic acids is 1.